The highest BCUT2D eigenvalue weighted by atomic mass is 16.6. The Morgan fingerprint density at radius 1 is 0.772 bits per heavy atom. The van der Waals surface area contributed by atoms with E-state index in [4.69, 9.17) is 14.2 Å². The lowest BCUT2D eigenvalue weighted by molar-refractivity contribution is -0.155. The van der Waals surface area contributed by atoms with Gasteiger partial charge in [0.05, 0.1) is 18.2 Å². The quantitative estimate of drug-likeness (QED) is 0.0777. The maximum Gasteiger partial charge on any atom is 0.408 e. The van der Waals surface area contributed by atoms with E-state index in [-0.39, 0.29) is 44.2 Å². The molecule has 3 aromatic rings. The third-order valence-corrected chi connectivity index (χ3v) is 9.70. The Kier molecular flexibility index (Phi) is 16.8. The van der Waals surface area contributed by atoms with E-state index in [1.54, 1.807) is 51.1 Å². The zero-order chi connectivity index (χ0) is 41.4. The number of unbranched alkanes of at least 4 members (excludes halogenated alkanes) is 1. The average molecular weight is 784 g/mol. The fourth-order valence-corrected chi connectivity index (χ4v) is 6.66. The summed E-state index contributed by atoms with van der Waals surface area (Å²) in [7, 11) is 0. The van der Waals surface area contributed by atoms with Crippen LogP contribution in [-0.4, -0.2) is 77.4 Å². The molecule has 12 nitrogen and oxygen atoms in total. The zero-order valence-electron chi connectivity index (χ0n) is 33.7. The summed E-state index contributed by atoms with van der Waals surface area (Å²) in [4.78, 5) is 82.4. The van der Waals surface area contributed by atoms with Gasteiger partial charge in [-0.2, -0.15) is 0 Å². The number of carbonyl (C=O) groups is 6. The summed E-state index contributed by atoms with van der Waals surface area (Å²) in [6.07, 6.45) is 1.33. The van der Waals surface area contributed by atoms with Crippen LogP contribution in [0.15, 0.2) is 91.0 Å². The molecule has 3 amide bonds. The first-order valence-electron chi connectivity index (χ1n) is 19.8. The number of carbonyl (C=O) groups excluding carboxylic acids is 6. The molecule has 0 spiro atoms. The summed E-state index contributed by atoms with van der Waals surface area (Å²) < 4.78 is 16.4. The fourth-order valence-electron chi connectivity index (χ4n) is 6.66. The van der Waals surface area contributed by atoms with Crippen molar-refractivity contribution in [3.63, 3.8) is 0 Å². The van der Waals surface area contributed by atoms with E-state index in [0.717, 1.165) is 11.1 Å². The molecule has 1 saturated heterocycles. The van der Waals surface area contributed by atoms with Gasteiger partial charge in [0.25, 0.3) is 0 Å². The van der Waals surface area contributed by atoms with Crippen LogP contribution in [0, 0.1) is 11.8 Å². The molecular weight excluding hydrogens is 727 g/mol. The number of esters is 2. The second-order valence-electron chi connectivity index (χ2n) is 15.8. The number of rotatable bonds is 19. The number of alkyl carbamates (subject to hydrolysis) is 1. The van der Waals surface area contributed by atoms with E-state index in [1.165, 1.54) is 4.90 Å². The van der Waals surface area contributed by atoms with E-state index in [1.807, 2.05) is 74.5 Å². The molecule has 3 aromatic carbocycles. The number of ether oxygens (including phenoxy) is 3. The average Bonchev–Trinajstić information content (AvgIpc) is 3.68. The molecular formula is C45H57N3O9. The van der Waals surface area contributed by atoms with Crippen molar-refractivity contribution in [2.75, 3.05) is 13.2 Å². The largest absolute Gasteiger partial charge is 0.462 e. The summed E-state index contributed by atoms with van der Waals surface area (Å²) in [5, 5.41) is 5.64. The molecule has 4 atom stereocenters. The van der Waals surface area contributed by atoms with Gasteiger partial charge in [-0.25, -0.2) is 14.4 Å². The molecule has 57 heavy (non-hydrogen) atoms. The number of nitrogens with zero attached hydrogens (tertiary/aromatic N) is 1. The molecule has 0 radical (unpaired) electrons. The fraction of sp³-hybridized carbons (Fsp3) is 0.467. The van der Waals surface area contributed by atoms with Crippen LogP contribution in [0.3, 0.4) is 0 Å². The Balaban J connectivity index is 1.45. The van der Waals surface area contributed by atoms with Gasteiger partial charge in [0.1, 0.15) is 24.3 Å². The molecule has 12 heteroatoms. The minimum absolute atomic E-state index is 0.0813. The molecule has 1 fully saturated rings. The first-order chi connectivity index (χ1) is 27.2. The lowest BCUT2D eigenvalue weighted by Gasteiger charge is -2.30. The molecule has 2 N–H and O–H groups in total. The van der Waals surface area contributed by atoms with Gasteiger partial charge in [-0.3, -0.25) is 14.4 Å². The first-order valence-corrected chi connectivity index (χ1v) is 19.8. The number of Topliss-reactive ketones (excluding diaryl/α,β-unsaturated/α-hetero) is 1. The SMILES string of the molecule is CC(C)[C@H](CC(=O)[C@@H](CCCCOC(=O)c1ccccc1)NC(=O)OC(C)(C)C)C(=O)N[C@@H](Cc1ccccc1)C(=O)N1CCC[C@@H]1C(=O)OCc1ccccc1. The monoisotopic (exact) mass is 783 g/mol. The third-order valence-electron chi connectivity index (χ3n) is 9.70. The number of benzene rings is 3. The molecule has 0 saturated carbocycles. The predicted molar refractivity (Wildman–Crippen MR) is 215 cm³/mol. The van der Waals surface area contributed by atoms with Gasteiger partial charge < -0.3 is 29.7 Å². The number of hydrogen-bond donors (Lipinski definition) is 2. The van der Waals surface area contributed by atoms with Gasteiger partial charge in [-0.15, -0.1) is 0 Å². The van der Waals surface area contributed by atoms with Crippen LogP contribution in [0.25, 0.3) is 0 Å². The Morgan fingerprint density at radius 2 is 1.39 bits per heavy atom. The summed E-state index contributed by atoms with van der Waals surface area (Å²) >= 11 is 0. The van der Waals surface area contributed by atoms with Gasteiger partial charge in [0.15, 0.2) is 5.78 Å². The highest BCUT2D eigenvalue weighted by molar-refractivity contribution is 5.95. The molecule has 0 aromatic heterocycles. The molecule has 0 unspecified atom stereocenters. The van der Waals surface area contributed by atoms with Gasteiger partial charge in [-0.1, -0.05) is 92.7 Å². The molecule has 1 aliphatic rings. The van der Waals surface area contributed by atoms with Crippen LogP contribution in [0.2, 0.25) is 0 Å². The van der Waals surface area contributed by atoms with Crippen molar-refractivity contribution < 1.29 is 43.0 Å². The van der Waals surface area contributed by atoms with E-state index in [2.05, 4.69) is 10.6 Å². The minimum atomic E-state index is -1.02. The number of nitrogens with one attached hydrogen (secondary N) is 2. The van der Waals surface area contributed by atoms with Crippen LogP contribution in [0.4, 0.5) is 4.79 Å². The third kappa shape index (κ3) is 14.5. The van der Waals surface area contributed by atoms with Crippen molar-refractivity contribution in [2.45, 2.75) is 110 Å². The number of ketones is 1. The van der Waals surface area contributed by atoms with Crippen molar-refractivity contribution in [1.82, 2.24) is 15.5 Å². The zero-order valence-corrected chi connectivity index (χ0v) is 33.7. The minimum Gasteiger partial charge on any atom is -0.462 e. The van der Waals surface area contributed by atoms with Crippen molar-refractivity contribution in [3.05, 3.63) is 108 Å². The van der Waals surface area contributed by atoms with Gasteiger partial charge in [0.2, 0.25) is 11.8 Å². The Hall–Kier alpha value is -5.52. The lowest BCUT2D eigenvalue weighted by atomic mass is 9.86. The van der Waals surface area contributed by atoms with Gasteiger partial charge in [-0.05, 0) is 82.1 Å². The summed E-state index contributed by atoms with van der Waals surface area (Å²) in [5.74, 6) is -3.37. The highest BCUT2D eigenvalue weighted by Crippen LogP contribution is 2.24. The number of likely N-dealkylation sites (tertiary alicyclic amines) is 1. The van der Waals surface area contributed by atoms with Crippen molar-refractivity contribution >= 4 is 35.6 Å². The Morgan fingerprint density at radius 3 is 2.00 bits per heavy atom. The molecule has 0 aliphatic carbocycles. The van der Waals surface area contributed by atoms with E-state index >= 15 is 0 Å². The molecule has 1 heterocycles. The Bertz CT molecular complexity index is 1780. The van der Waals surface area contributed by atoms with E-state index < -0.39 is 59.5 Å². The van der Waals surface area contributed by atoms with Gasteiger partial charge in [0, 0.05) is 25.3 Å². The summed E-state index contributed by atoms with van der Waals surface area (Å²) in [5.41, 5.74) is 1.27. The second kappa shape index (κ2) is 21.7. The normalized spacial score (nSPS) is 15.5. The van der Waals surface area contributed by atoms with E-state index in [9.17, 15) is 28.8 Å². The van der Waals surface area contributed by atoms with Crippen LogP contribution < -0.4 is 10.6 Å². The molecule has 1 aliphatic heterocycles. The topological polar surface area (TPSA) is 157 Å². The summed E-state index contributed by atoms with van der Waals surface area (Å²) in [6.45, 7) is 9.33. The van der Waals surface area contributed by atoms with E-state index in [0.29, 0.717) is 37.8 Å². The van der Waals surface area contributed by atoms with Crippen LogP contribution in [-0.2, 0) is 46.4 Å². The predicted octanol–water partition coefficient (Wildman–Crippen LogP) is 6.60. The van der Waals surface area contributed by atoms with Crippen molar-refractivity contribution in [1.29, 1.82) is 0 Å². The smallest absolute Gasteiger partial charge is 0.408 e. The second-order valence-corrected chi connectivity index (χ2v) is 15.8. The molecule has 4 rings (SSSR count). The van der Waals surface area contributed by atoms with Gasteiger partial charge >= 0.3 is 18.0 Å². The van der Waals surface area contributed by atoms with Crippen LogP contribution in [0.5, 0.6) is 0 Å². The summed E-state index contributed by atoms with van der Waals surface area (Å²) in [6, 6.07) is 24.4. The standard InChI is InChI=1S/C45H57N3O9/c1-31(2)35(29-39(49)36(47-44(54)57-45(3,4)5)24-15-16-27-55-42(52)34-22-13-8-14-23-34)40(50)46-37(28-32-18-9-6-10-19-32)41(51)48-26-17-25-38(48)43(53)56-30-33-20-11-7-12-21-33/h6-14,18-23,31,35-38H,15-17,24-30H2,1-5H3,(H,46,50)(H,47,54)/t35-,36+,37-,38+/m0/s1. The Labute approximate surface area is 336 Å². The number of amides is 3. The first kappa shape index (κ1) is 44.2. The molecule has 306 valence electrons. The lowest BCUT2D eigenvalue weighted by Crippen LogP contribution is -2.54. The van der Waals surface area contributed by atoms with Crippen LogP contribution >= 0.6 is 0 Å². The highest BCUT2D eigenvalue weighted by Gasteiger charge is 2.40. The maximum absolute atomic E-state index is 14.3. The maximum atomic E-state index is 14.3. The number of hydrogen-bond acceptors (Lipinski definition) is 9. The van der Waals surface area contributed by atoms with Crippen molar-refractivity contribution in [3.8, 4) is 0 Å². The van der Waals surface area contributed by atoms with Crippen molar-refractivity contribution in [2.24, 2.45) is 11.8 Å². The molecule has 0 bridgehead atoms. The van der Waals surface area contributed by atoms with Crippen LogP contribution in [0.1, 0.15) is 94.6 Å².